The minimum atomic E-state index is 0.00103. The molecule has 1 saturated carbocycles. The van der Waals surface area contributed by atoms with Gasteiger partial charge in [-0.1, -0.05) is 5.16 Å². The lowest BCUT2D eigenvalue weighted by Crippen LogP contribution is -2.20. The monoisotopic (exact) mass is 249 g/mol. The van der Waals surface area contributed by atoms with Gasteiger partial charge < -0.3 is 21.0 Å². The first-order valence-corrected chi connectivity index (χ1v) is 5.69. The molecule has 1 aliphatic rings. The van der Waals surface area contributed by atoms with Crippen LogP contribution in [-0.4, -0.2) is 23.6 Å². The maximum absolute atomic E-state index is 11.5. The van der Waals surface area contributed by atoms with Crippen molar-refractivity contribution in [3.63, 3.8) is 0 Å². The van der Waals surface area contributed by atoms with Gasteiger partial charge in [0.25, 0.3) is 0 Å². The van der Waals surface area contributed by atoms with E-state index in [4.69, 9.17) is 15.7 Å². The molecule has 0 saturated heterocycles. The van der Waals surface area contributed by atoms with Crippen molar-refractivity contribution < 1.29 is 14.7 Å². The third-order valence-corrected chi connectivity index (χ3v) is 2.59. The molecule has 6 heteroatoms. The van der Waals surface area contributed by atoms with Gasteiger partial charge in [-0.25, -0.2) is 0 Å². The maximum Gasteiger partial charge on any atom is 0.227 e. The molecule has 1 amide bonds. The van der Waals surface area contributed by atoms with Crippen molar-refractivity contribution in [2.24, 2.45) is 16.8 Å². The van der Waals surface area contributed by atoms with Crippen LogP contribution in [-0.2, 0) is 4.79 Å². The van der Waals surface area contributed by atoms with Crippen LogP contribution in [0.3, 0.4) is 0 Å². The Bertz CT molecular complexity index is 452. The summed E-state index contributed by atoms with van der Waals surface area (Å²) in [6.45, 7) is 0.0181. The van der Waals surface area contributed by atoms with Gasteiger partial charge >= 0.3 is 0 Å². The molecule has 0 bridgehead atoms. The molecule has 4 N–H and O–H groups in total. The number of carbonyl (C=O) groups excluding carboxylic acids is 1. The average molecular weight is 249 g/mol. The van der Waals surface area contributed by atoms with Crippen LogP contribution in [0.5, 0.6) is 5.75 Å². The highest BCUT2D eigenvalue weighted by Crippen LogP contribution is 2.30. The topological polar surface area (TPSA) is 96.9 Å². The van der Waals surface area contributed by atoms with Crippen molar-refractivity contribution in [1.29, 1.82) is 0 Å². The van der Waals surface area contributed by atoms with Crippen molar-refractivity contribution in [1.82, 2.24) is 0 Å². The Hall–Kier alpha value is -2.24. The number of ether oxygens (including phenoxy) is 1. The van der Waals surface area contributed by atoms with E-state index >= 15 is 0 Å². The number of amidine groups is 1. The summed E-state index contributed by atoms with van der Waals surface area (Å²) in [6.07, 6.45) is 1.96. The summed E-state index contributed by atoms with van der Waals surface area (Å²) in [5, 5.41) is 14.0. The lowest BCUT2D eigenvalue weighted by molar-refractivity contribution is -0.117. The summed E-state index contributed by atoms with van der Waals surface area (Å²) >= 11 is 0. The fourth-order valence-electron chi connectivity index (χ4n) is 1.41. The summed E-state index contributed by atoms with van der Waals surface area (Å²) < 4.78 is 5.25. The van der Waals surface area contributed by atoms with Gasteiger partial charge in [-0.05, 0) is 37.1 Å². The standard InChI is InChI=1S/C12H15N3O3/c13-11(15-17)7-18-10-5-3-9(4-6-10)14-12(16)8-1-2-8/h3-6,8,17H,1-2,7H2,(H2,13,15)(H,14,16). The van der Waals surface area contributed by atoms with E-state index < -0.39 is 0 Å². The summed E-state index contributed by atoms with van der Waals surface area (Å²) in [5.41, 5.74) is 6.01. The Labute approximate surface area is 104 Å². The number of nitrogens with one attached hydrogen (secondary N) is 1. The van der Waals surface area contributed by atoms with Gasteiger partial charge in [-0.15, -0.1) is 0 Å². The Morgan fingerprint density at radius 1 is 1.44 bits per heavy atom. The van der Waals surface area contributed by atoms with Crippen LogP contribution < -0.4 is 15.8 Å². The van der Waals surface area contributed by atoms with Gasteiger partial charge in [0.1, 0.15) is 12.4 Å². The maximum atomic E-state index is 11.5. The normalized spacial score (nSPS) is 15.2. The van der Waals surface area contributed by atoms with E-state index in [0.29, 0.717) is 5.75 Å². The highest BCUT2D eigenvalue weighted by molar-refractivity contribution is 5.94. The lowest BCUT2D eigenvalue weighted by atomic mass is 10.3. The van der Waals surface area contributed by atoms with Crippen LogP contribution in [0, 0.1) is 5.92 Å². The minimum Gasteiger partial charge on any atom is -0.486 e. The average Bonchev–Trinajstić information content (AvgIpc) is 3.21. The number of nitrogens with two attached hydrogens (primary N) is 1. The zero-order valence-electron chi connectivity index (χ0n) is 9.80. The van der Waals surface area contributed by atoms with Gasteiger partial charge in [0, 0.05) is 11.6 Å². The molecule has 1 fully saturated rings. The zero-order valence-corrected chi connectivity index (χ0v) is 9.80. The molecule has 1 aromatic rings. The molecule has 0 radical (unpaired) electrons. The van der Waals surface area contributed by atoms with Crippen molar-refractivity contribution in [2.75, 3.05) is 11.9 Å². The predicted octanol–water partition coefficient (Wildman–Crippen LogP) is 1.16. The smallest absolute Gasteiger partial charge is 0.227 e. The number of oxime groups is 1. The van der Waals surface area contributed by atoms with Crippen LogP contribution in [0.4, 0.5) is 5.69 Å². The molecule has 1 aliphatic carbocycles. The molecule has 96 valence electrons. The van der Waals surface area contributed by atoms with Gasteiger partial charge in [0.15, 0.2) is 5.84 Å². The first-order chi connectivity index (χ1) is 8.69. The molecule has 0 unspecified atom stereocenters. The van der Waals surface area contributed by atoms with Gasteiger partial charge in [0.2, 0.25) is 5.91 Å². The van der Waals surface area contributed by atoms with Crippen LogP contribution in [0.15, 0.2) is 29.4 Å². The number of hydrogen-bond donors (Lipinski definition) is 3. The van der Waals surface area contributed by atoms with Crippen LogP contribution in [0.1, 0.15) is 12.8 Å². The Morgan fingerprint density at radius 3 is 2.67 bits per heavy atom. The molecule has 6 nitrogen and oxygen atoms in total. The lowest BCUT2D eigenvalue weighted by Gasteiger charge is -2.07. The van der Waals surface area contributed by atoms with E-state index in [1.807, 2.05) is 0 Å². The van der Waals surface area contributed by atoms with E-state index in [-0.39, 0.29) is 24.3 Å². The van der Waals surface area contributed by atoms with Crippen molar-refractivity contribution in [3.05, 3.63) is 24.3 Å². The molecule has 0 atom stereocenters. The fraction of sp³-hybridized carbons (Fsp3) is 0.333. The molecule has 0 aromatic heterocycles. The third kappa shape index (κ3) is 3.38. The Balaban J connectivity index is 1.86. The Morgan fingerprint density at radius 2 is 2.11 bits per heavy atom. The molecule has 0 spiro atoms. The summed E-state index contributed by atoms with van der Waals surface area (Å²) in [6, 6.07) is 6.93. The second kappa shape index (κ2) is 5.39. The molecule has 2 rings (SSSR count). The SMILES string of the molecule is N/C(COc1ccc(NC(=O)C2CC2)cc1)=N\O. The van der Waals surface area contributed by atoms with E-state index in [1.54, 1.807) is 24.3 Å². The van der Waals surface area contributed by atoms with Crippen LogP contribution in [0.2, 0.25) is 0 Å². The van der Waals surface area contributed by atoms with E-state index in [2.05, 4.69) is 10.5 Å². The quantitative estimate of drug-likeness (QED) is 0.316. The fourth-order valence-corrected chi connectivity index (χ4v) is 1.41. The highest BCUT2D eigenvalue weighted by atomic mass is 16.5. The minimum absolute atomic E-state index is 0.00103. The number of nitrogens with zero attached hydrogens (tertiary/aromatic N) is 1. The van der Waals surface area contributed by atoms with E-state index in [0.717, 1.165) is 18.5 Å². The Kier molecular flexibility index (Phi) is 3.66. The number of benzene rings is 1. The summed E-state index contributed by atoms with van der Waals surface area (Å²) in [5.74, 6) is 0.842. The second-order valence-corrected chi connectivity index (χ2v) is 4.17. The molecular formula is C12H15N3O3. The number of amides is 1. The largest absolute Gasteiger partial charge is 0.486 e. The first kappa shape index (κ1) is 12.2. The van der Waals surface area contributed by atoms with Gasteiger partial charge in [-0.3, -0.25) is 4.79 Å². The summed E-state index contributed by atoms with van der Waals surface area (Å²) in [7, 11) is 0. The van der Waals surface area contributed by atoms with E-state index in [1.165, 1.54) is 0 Å². The van der Waals surface area contributed by atoms with Crippen LogP contribution >= 0.6 is 0 Å². The summed E-state index contributed by atoms with van der Waals surface area (Å²) in [4.78, 5) is 11.5. The second-order valence-electron chi connectivity index (χ2n) is 4.17. The van der Waals surface area contributed by atoms with Gasteiger partial charge in [-0.2, -0.15) is 0 Å². The van der Waals surface area contributed by atoms with Crippen molar-refractivity contribution in [3.8, 4) is 5.75 Å². The number of rotatable bonds is 5. The first-order valence-electron chi connectivity index (χ1n) is 5.69. The zero-order chi connectivity index (χ0) is 13.0. The van der Waals surface area contributed by atoms with Crippen molar-refractivity contribution in [2.45, 2.75) is 12.8 Å². The molecular weight excluding hydrogens is 234 g/mol. The van der Waals surface area contributed by atoms with Crippen LogP contribution in [0.25, 0.3) is 0 Å². The highest BCUT2D eigenvalue weighted by Gasteiger charge is 2.29. The number of carbonyl (C=O) groups is 1. The van der Waals surface area contributed by atoms with Gasteiger partial charge in [0.05, 0.1) is 0 Å². The number of hydrogen-bond acceptors (Lipinski definition) is 4. The molecule has 1 aromatic carbocycles. The predicted molar refractivity (Wildman–Crippen MR) is 66.7 cm³/mol. The molecule has 0 heterocycles. The van der Waals surface area contributed by atoms with E-state index in [9.17, 15) is 4.79 Å². The van der Waals surface area contributed by atoms with Crippen molar-refractivity contribution >= 4 is 17.4 Å². The molecule has 18 heavy (non-hydrogen) atoms. The third-order valence-electron chi connectivity index (χ3n) is 2.59. The molecule has 0 aliphatic heterocycles. The number of anilines is 1.